The second-order valence-corrected chi connectivity index (χ2v) is 5.36. The number of rotatable bonds is 0. The topological polar surface area (TPSA) is 17.3 Å². The lowest BCUT2D eigenvalue weighted by Gasteiger charge is -2.03. The quantitative estimate of drug-likeness (QED) is 0.394. The third-order valence-corrected chi connectivity index (χ3v) is 4.18. The maximum Gasteiger partial charge on any atom is 0.145 e. The van der Waals surface area contributed by atoms with E-state index in [1.807, 2.05) is 0 Å². The first-order valence-electron chi connectivity index (χ1n) is 7.09. The average Bonchev–Trinajstić information content (AvgIpc) is 2.94. The third kappa shape index (κ3) is 1.39. The van der Waals surface area contributed by atoms with Crippen molar-refractivity contribution in [3.8, 4) is 0 Å². The molecule has 0 bridgehead atoms. The zero-order valence-electron chi connectivity index (χ0n) is 11.3. The monoisotopic (exact) mass is 268 g/mol. The van der Waals surface area contributed by atoms with Crippen molar-refractivity contribution >= 4 is 38.2 Å². The number of aromatic nitrogens is 2. The molecule has 5 rings (SSSR count). The van der Waals surface area contributed by atoms with Gasteiger partial charge in [0.1, 0.15) is 5.65 Å². The Kier molecular flexibility index (Phi) is 1.98. The van der Waals surface area contributed by atoms with Crippen LogP contribution < -0.4 is 0 Å². The number of fused-ring (bicyclic) bond motifs is 7. The molecule has 0 N–H and O–H groups in total. The summed E-state index contributed by atoms with van der Waals surface area (Å²) >= 11 is 0. The Morgan fingerprint density at radius 1 is 0.667 bits per heavy atom. The van der Waals surface area contributed by atoms with Gasteiger partial charge in [-0.25, -0.2) is 4.98 Å². The maximum absolute atomic E-state index is 4.86. The Labute approximate surface area is 121 Å². The Bertz CT molecular complexity index is 1140. The highest BCUT2D eigenvalue weighted by atomic mass is 15.0. The highest BCUT2D eigenvalue weighted by Crippen LogP contribution is 2.29. The summed E-state index contributed by atoms with van der Waals surface area (Å²) in [5.74, 6) is 0. The Morgan fingerprint density at radius 2 is 1.38 bits per heavy atom. The van der Waals surface area contributed by atoms with E-state index in [0.717, 1.165) is 11.2 Å². The first-order valence-corrected chi connectivity index (χ1v) is 7.09. The highest BCUT2D eigenvalue weighted by molar-refractivity contribution is 6.08. The number of nitrogens with zero attached hydrogens (tertiary/aromatic N) is 2. The van der Waals surface area contributed by atoms with Gasteiger partial charge in [-0.2, -0.15) is 0 Å². The summed E-state index contributed by atoms with van der Waals surface area (Å²) < 4.78 is 2.21. The van der Waals surface area contributed by atoms with Gasteiger partial charge in [0.2, 0.25) is 0 Å². The number of hydrogen-bond acceptors (Lipinski definition) is 1. The fourth-order valence-corrected chi connectivity index (χ4v) is 3.20. The molecule has 0 aliphatic heterocycles. The molecule has 0 aliphatic carbocycles. The predicted molar refractivity (Wildman–Crippen MR) is 87.7 cm³/mol. The molecule has 0 saturated carbocycles. The molecular weight excluding hydrogens is 256 g/mol. The van der Waals surface area contributed by atoms with Crippen molar-refractivity contribution in [2.24, 2.45) is 0 Å². The van der Waals surface area contributed by atoms with E-state index in [4.69, 9.17) is 4.98 Å². The highest BCUT2D eigenvalue weighted by Gasteiger charge is 2.10. The van der Waals surface area contributed by atoms with E-state index < -0.39 is 0 Å². The lowest BCUT2D eigenvalue weighted by molar-refractivity contribution is 1.25. The number of imidazole rings is 1. The molecule has 0 radical (unpaired) electrons. The molecule has 98 valence electrons. The van der Waals surface area contributed by atoms with Gasteiger partial charge in [0, 0.05) is 17.0 Å². The van der Waals surface area contributed by atoms with Crippen LogP contribution in [0.5, 0.6) is 0 Å². The lowest BCUT2D eigenvalue weighted by Crippen LogP contribution is -1.86. The zero-order chi connectivity index (χ0) is 13.8. The molecule has 0 unspecified atom stereocenters. The molecule has 3 aromatic carbocycles. The Morgan fingerprint density at radius 3 is 2.24 bits per heavy atom. The molecule has 0 fully saturated rings. The fourth-order valence-electron chi connectivity index (χ4n) is 3.20. The number of pyridine rings is 1. The van der Waals surface area contributed by atoms with Crippen LogP contribution in [0.4, 0.5) is 0 Å². The van der Waals surface area contributed by atoms with E-state index in [-0.39, 0.29) is 0 Å². The van der Waals surface area contributed by atoms with Crippen molar-refractivity contribution in [1.82, 2.24) is 9.38 Å². The minimum Gasteiger partial charge on any atom is -0.298 e. The maximum atomic E-state index is 4.86. The molecular formula is C19H12N2. The van der Waals surface area contributed by atoms with Gasteiger partial charge >= 0.3 is 0 Å². The first kappa shape index (κ1) is 10.9. The molecule has 21 heavy (non-hydrogen) atoms. The van der Waals surface area contributed by atoms with Crippen LogP contribution in [0.2, 0.25) is 0 Å². The molecule has 0 amide bonds. The van der Waals surface area contributed by atoms with E-state index >= 15 is 0 Å². The summed E-state index contributed by atoms with van der Waals surface area (Å²) in [4.78, 5) is 4.86. The second kappa shape index (κ2) is 3.83. The van der Waals surface area contributed by atoms with Crippen molar-refractivity contribution in [2.45, 2.75) is 0 Å². The summed E-state index contributed by atoms with van der Waals surface area (Å²) in [6.45, 7) is 0. The molecule has 2 heterocycles. The second-order valence-electron chi connectivity index (χ2n) is 5.36. The van der Waals surface area contributed by atoms with E-state index in [2.05, 4.69) is 77.3 Å². The van der Waals surface area contributed by atoms with Gasteiger partial charge in [-0.3, -0.25) is 4.40 Å². The van der Waals surface area contributed by atoms with Gasteiger partial charge in [0.25, 0.3) is 0 Å². The van der Waals surface area contributed by atoms with Crippen molar-refractivity contribution in [2.75, 3.05) is 0 Å². The summed E-state index contributed by atoms with van der Waals surface area (Å²) in [5.41, 5.74) is 3.26. The Hall–Kier alpha value is -2.87. The van der Waals surface area contributed by atoms with E-state index in [9.17, 15) is 0 Å². The fraction of sp³-hybridized carbons (Fsp3) is 0. The standard InChI is InChI=1S/C19H12N2/c1-3-7-15-13(5-1)9-10-17-18(15)21-12-11-14-6-2-4-8-16(14)19(21)20-17/h1-12H. The van der Waals surface area contributed by atoms with Crippen LogP contribution >= 0.6 is 0 Å². The van der Waals surface area contributed by atoms with Crippen molar-refractivity contribution in [3.63, 3.8) is 0 Å². The molecule has 0 atom stereocenters. The van der Waals surface area contributed by atoms with Crippen LogP contribution in [-0.2, 0) is 0 Å². The normalized spacial score (nSPS) is 11.8. The van der Waals surface area contributed by atoms with Crippen LogP contribution in [0.3, 0.4) is 0 Å². The largest absolute Gasteiger partial charge is 0.298 e. The molecule has 0 aliphatic rings. The zero-order valence-corrected chi connectivity index (χ0v) is 11.3. The van der Waals surface area contributed by atoms with Gasteiger partial charge in [0.15, 0.2) is 0 Å². The molecule has 2 heteroatoms. The van der Waals surface area contributed by atoms with E-state index in [1.54, 1.807) is 0 Å². The van der Waals surface area contributed by atoms with Crippen molar-refractivity contribution in [3.05, 3.63) is 72.9 Å². The minimum atomic E-state index is 1.03. The first-order chi connectivity index (χ1) is 10.4. The SMILES string of the molecule is c1ccc2c(c1)ccn1c2nc2ccc3ccccc3c21. The van der Waals surface area contributed by atoms with Crippen LogP contribution in [0.15, 0.2) is 72.9 Å². The molecule has 0 saturated heterocycles. The number of benzene rings is 3. The molecule has 2 nitrogen and oxygen atoms in total. The average molecular weight is 268 g/mol. The lowest BCUT2D eigenvalue weighted by atomic mass is 10.1. The molecule has 2 aromatic heterocycles. The third-order valence-electron chi connectivity index (χ3n) is 4.18. The van der Waals surface area contributed by atoms with Gasteiger partial charge in [-0.1, -0.05) is 54.6 Å². The van der Waals surface area contributed by atoms with E-state index in [0.29, 0.717) is 0 Å². The van der Waals surface area contributed by atoms with Crippen LogP contribution in [0, 0.1) is 0 Å². The minimum absolute atomic E-state index is 1.03. The van der Waals surface area contributed by atoms with Gasteiger partial charge < -0.3 is 0 Å². The molecule has 0 spiro atoms. The predicted octanol–water partition coefficient (Wildman–Crippen LogP) is 4.79. The smallest absolute Gasteiger partial charge is 0.145 e. The summed E-state index contributed by atoms with van der Waals surface area (Å²) in [6.07, 6.45) is 2.12. The summed E-state index contributed by atoms with van der Waals surface area (Å²) in [7, 11) is 0. The van der Waals surface area contributed by atoms with Crippen LogP contribution in [0.1, 0.15) is 0 Å². The van der Waals surface area contributed by atoms with E-state index in [1.165, 1.54) is 27.1 Å². The summed E-state index contributed by atoms with van der Waals surface area (Å²) in [5, 5.41) is 4.92. The van der Waals surface area contributed by atoms with Crippen molar-refractivity contribution < 1.29 is 0 Å². The summed E-state index contributed by atoms with van der Waals surface area (Å²) in [6, 6.07) is 23.3. The molecule has 5 aromatic rings. The van der Waals surface area contributed by atoms with Crippen LogP contribution in [-0.4, -0.2) is 9.38 Å². The van der Waals surface area contributed by atoms with Gasteiger partial charge in [0.05, 0.1) is 11.0 Å². The van der Waals surface area contributed by atoms with Crippen LogP contribution in [0.25, 0.3) is 38.2 Å². The van der Waals surface area contributed by atoms with Gasteiger partial charge in [-0.05, 0) is 22.9 Å². The Balaban J connectivity index is 2.11. The van der Waals surface area contributed by atoms with Gasteiger partial charge in [-0.15, -0.1) is 0 Å². The number of hydrogen-bond donors (Lipinski definition) is 0. The van der Waals surface area contributed by atoms with Crippen molar-refractivity contribution in [1.29, 1.82) is 0 Å².